The summed E-state index contributed by atoms with van der Waals surface area (Å²) in [7, 11) is 0. The summed E-state index contributed by atoms with van der Waals surface area (Å²) in [4.78, 5) is 24.4. The van der Waals surface area contributed by atoms with Gasteiger partial charge in [-0.05, 0) is 54.1 Å². The fourth-order valence-electron chi connectivity index (χ4n) is 3.43. The number of ether oxygens (including phenoxy) is 1. The summed E-state index contributed by atoms with van der Waals surface area (Å²) in [5.41, 5.74) is 1.63. The maximum Gasteiger partial charge on any atom is 0.346 e. The Morgan fingerprint density at radius 2 is 1.84 bits per heavy atom. The highest BCUT2D eigenvalue weighted by Gasteiger charge is 2.15. The zero-order valence-electron chi connectivity index (χ0n) is 17.0. The first-order valence-corrected chi connectivity index (χ1v) is 10.8. The van der Waals surface area contributed by atoms with Gasteiger partial charge in [0.05, 0.1) is 17.7 Å². The Labute approximate surface area is 186 Å². The van der Waals surface area contributed by atoms with Crippen molar-refractivity contribution in [3.05, 3.63) is 82.7 Å². The van der Waals surface area contributed by atoms with E-state index in [9.17, 15) is 9.59 Å². The van der Waals surface area contributed by atoms with E-state index in [1.165, 1.54) is 11.3 Å². The quantitative estimate of drug-likeness (QED) is 0.221. The smallest absolute Gasteiger partial charge is 0.346 e. The van der Waals surface area contributed by atoms with Gasteiger partial charge in [-0.3, -0.25) is 0 Å². The van der Waals surface area contributed by atoms with Crippen LogP contribution >= 0.6 is 11.3 Å². The molecule has 32 heavy (non-hydrogen) atoms. The van der Waals surface area contributed by atoms with Crippen LogP contribution in [0.2, 0.25) is 0 Å². The maximum absolute atomic E-state index is 12.6. The summed E-state index contributed by atoms with van der Waals surface area (Å²) >= 11 is 1.24. The second-order valence-corrected chi connectivity index (χ2v) is 7.96. The molecule has 0 aliphatic heterocycles. The predicted octanol–water partition coefficient (Wildman–Crippen LogP) is 5.39. The molecular weight excluding hydrogens is 426 g/mol. The van der Waals surface area contributed by atoms with Crippen molar-refractivity contribution in [2.24, 2.45) is 0 Å². The third kappa shape index (κ3) is 3.72. The van der Waals surface area contributed by atoms with Gasteiger partial charge in [-0.1, -0.05) is 41.7 Å². The molecule has 3 aromatic carbocycles. The fourth-order valence-corrected chi connectivity index (χ4v) is 4.20. The average molecular weight is 443 g/mol. The molecule has 2 heterocycles. The second-order valence-electron chi connectivity index (χ2n) is 6.98. The van der Waals surface area contributed by atoms with Gasteiger partial charge < -0.3 is 14.5 Å². The number of benzene rings is 3. The fraction of sp³-hybridized carbons (Fsp3) is 0.0833. The first kappa shape index (κ1) is 19.9. The number of hydrogen-bond donors (Lipinski definition) is 1. The largest absolute Gasteiger partial charge is 0.462 e. The molecule has 0 radical (unpaired) electrons. The van der Waals surface area contributed by atoms with E-state index in [1.807, 2.05) is 36.4 Å². The first-order valence-electron chi connectivity index (χ1n) is 9.96. The number of carbonyl (C=O) groups excluding carboxylic acids is 1. The second kappa shape index (κ2) is 8.24. The maximum atomic E-state index is 12.6. The van der Waals surface area contributed by atoms with Crippen LogP contribution in [0.4, 0.5) is 10.8 Å². The molecule has 158 valence electrons. The van der Waals surface area contributed by atoms with E-state index < -0.39 is 5.63 Å². The highest BCUT2D eigenvalue weighted by Crippen LogP contribution is 2.31. The van der Waals surface area contributed by atoms with Crippen molar-refractivity contribution in [3.63, 3.8) is 0 Å². The topological polar surface area (TPSA) is 94.3 Å². The standard InChI is InChI=1S/C24H17N3O4S/c1-2-30-22(28)15-7-10-16(11-8-15)25-24-27-26-21(32-24)19-13-18-17-6-4-3-5-14(17)9-12-20(18)31-23(19)29/h3-13H,2H2,1H3,(H,25,27). The molecule has 0 fully saturated rings. The molecule has 1 N–H and O–H groups in total. The molecule has 0 aliphatic carbocycles. The average Bonchev–Trinajstić information content (AvgIpc) is 3.27. The molecule has 0 atom stereocenters. The summed E-state index contributed by atoms with van der Waals surface area (Å²) in [6.45, 7) is 2.09. The Morgan fingerprint density at radius 1 is 1.03 bits per heavy atom. The first-order chi connectivity index (χ1) is 15.6. The highest BCUT2D eigenvalue weighted by molar-refractivity contribution is 7.18. The SMILES string of the molecule is CCOC(=O)c1ccc(Nc2nnc(-c3cc4c(ccc5ccccc54)oc3=O)s2)cc1. The molecule has 5 aromatic rings. The summed E-state index contributed by atoms with van der Waals surface area (Å²) in [6, 6.07) is 20.3. The lowest BCUT2D eigenvalue weighted by Gasteiger charge is -2.04. The minimum Gasteiger partial charge on any atom is -0.462 e. The molecule has 0 unspecified atom stereocenters. The van der Waals surface area contributed by atoms with Crippen LogP contribution in [-0.4, -0.2) is 22.8 Å². The minimum absolute atomic E-state index is 0.324. The zero-order valence-corrected chi connectivity index (χ0v) is 17.8. The van der Waals surface area contributed by atoms with Crippen molar-refractivity contribution in [2.75, 3.05) is 11.9 Å². The third-order valence-electron chi connectivity index (χ3n) is 4.94. The minimum atomic E-state index is -0.464. The van der Waals surface area contributed by atoms with Crippen molar-refractivity contribution in [1.29, 1.82) is 0 Å². The van der Waals surface area contributed by atoms with Crippen LogP contribution in [0.3, 0.4) is 0 Å². The number of esters is 1. The van der Waals surface area contributed by atoms with Gasteiger partial charge in [-0.25, -0.2) is 9.59 Å². The molecule has 0 spiro atoms. The van der Waals surface area contributed by atoms with E-state index in [4.69, 9.17) is 9.15 Å². The Hall–Kier alpha value is -4.04. The zero-order chi connectivity index (χ0) is 22.1. The van der Waals surface area contributed by atoms with Gasteiger partial charge in [0.15, 0.2) is 5.01 Å². The monoisotopic (exact) mass is 443 g/mol. The summed E-state index contributed by atoms with van der Waals surface area (Å²) in [6.07, 6.45) is 0. The number of anilines is 2. The van der Waals surface area contributed by atoms with E-state index in [0.29, 0.717) is 33.5 Å². The number of aromatic nitrogens is 2. The summed E-state index contributed by atoms with van der Waals surface area (Å²) < 4.78 is 10.5. The van der Waals surface area contributed by atoms with Crippen molar-refractivity contribution >= 4 is 49.9 Å². The van der Waals surface area contributed by atoms with Crippen LogP contribution in [0.1, 0.15) is 17.3 Å². The molecule has 7 nitrogen and oxygen atoms in total. The predicted molar refractivity (Wildman–Crippen MR) is 125 cm³/mol. The molecule has 0 aliphatic rings. The lowest BCUT2D eigenvalue weighted by atomic mass is 10.0. The number of fused-ring (bicyclic) bond motifs is 3. The Bertz CT molecular complexity index is 1510. The highest BCUT2D eigenvalue weighted by atomic mass is 32.1. The van der Waals surface area contributed by atoms with Crippen molar-refractivity contribution in [3.8, 4) is 10.6 Å². The Balaban J connectivity index is 1.45. The Kier molecular flexibility index (Phi) is 5.12. The lowest BCUT2D eigenvalue weighted by Crippen LogP contribution is -2.04. The lowest BCUT2D eigenvalue weighted by molar-refractivity contribution is 0.0526. The van der Waals surface area contributed by atoms with Gasteiger partial charge in [0.2, 0.25) is 5.13 Å². The number of nitrogens with one attached hydrogen (secondary N) is 1. The molecular formula is C24H17N3O4S. The van der Waals surface area contributed by atoms with Crippen molar-refractivity contribution in [1.82, 2.24) is 10.2 Å². The van der Waals surface area contributed by atoms with Crippen molar-refractivity contribution < 1.29 is 13.9 Å². The molecule has 0 amide bonds. The third-order valence-corrected chi connectivity index (χ3v) is 5.82. The molecule has 5 rings (SSSR count). The van der Waals surface area contributed by atoms with Crippen LogP contribution in [-0.2, 0) is 4.74 Å². The molecule has 2 aromatic heterocycles. The molecule has 8 heteroatoms. The van der Waals surface area contributed by atoms with Gasteiger partial charge >= 0.3 is 11.6 Å². The number of carbonyl (C=O) groups is 1. The summed E-state index contributed by atoms with van der Waals surface area (Å²) in [5.74, 6) is -0.368. The van der Waals surface area contributed by atoms with Gasteiger partial charge in [-0.2, -0.15) is 0 Å². The van der Waals surface area contributed by atoms with Crippen LogP contribution in [0.5, 0.6) is 0 Å². The van der Waals surface area contributed by atoms with E-state index in [1.54, 1.807) is 37.3 Å². The van der Waals surface area contributed by atoms with Crippen LogP contribution in [0, 0.1) is 0 Å². The van der Waals surface area contributed by atoms with Crippen LogP contribution in [0.15, 0.2) is 75.9 Å². The molecule has 0 bridgehead atoms. The molecule has 0 saturated carbocycles. The van der Waals surface area contributed by atoms with E-state index >= 15 is 0 Å². The van der Waals surface area contributed by atoms with E-state index in [0.717, 1.165) is 21.8 Å². The van der Waals surface area contributed by atoms with Gasteiger partial charge in [0.1, 0.15) is 5.58 Å². The number of nitrogens with zero attached hydrogens (tertiary/aromatic N) is 2. The molecule has 0 saturated heterocycles. The van der Waals surface area contributed by atoms with Gasteiger partial charge in [0, 0.05) is 11.1 Å². The number of hydrogen-bond acceptors (Lipinski definition) is 8. The van der Waals surface area contributed by atoms with Gasteiger partial charge in [0.25, 0.3) is 0 Å². The van der Waals surface area contributed by atoms with Gasteiger partial charge in [-0.15, -0.1) is 10.2 Å². The normalized spacial score (nSPS) is 11.0. The van der Waals surface area contributed by atoms with E-state index in [-0.39, 0.29) is 5.97 Å². The Morgan fingerprint density at radius 3 is 2.66 bits per heavy atom. The van der Waals surface area contributed by atoms with E-state index in [2.05, 4.69) is 15.5 Å². The summed E-state index contributed by atoms with van der Waals surface area (Å²) in [5, 5.41) is 15.3. The van der Waals surface area contributed by atoms with Crippen molar-refractivity contribution in [2.45, 2.75) is 6.92 Å². The number of rotatable bonds is 5. The van der Waals surface area contributed by atoms with Crippen LogP contribution < -0.4 is 10.9 Å². The van der Waals surface area contributed by atoms with Crippen LogP contribution in [0.25, 0.3) is 32.3 Å².